The van der Waals surface area contributed by atoms with Crippen molar-refractivity contribution in [1.29, 1.82) is 0 Å². The van der Waals surface area contributed by atoms with E-state index in [0.717, 1.165) is 12.5 Å². The molecule has 104 valence electrons. The predicted molar refractivity (Wildman–Crippen MR) is 76.4 cm³/mol. The smallest absolute Gasteiger partial charge is 0.0772 e. The number of ether oxygens (including phenoxy) is 1. The number of methoxy groups -OCH3 is 1. The molecule has 1 N–H and O–H groups in total. The minimum Gasteiger partial charge on any atom is -0.379 e. The number of nitrogens with one attached hydrogen (secondary N) is 1. The van der Waals surface area contributed by atoms with Crippen molar-refractivity contribution in [3.05, 3.63) is 0 Å². The van der Waals surface area contributed by atoms with E-state index in [2.05, 4.69) is 46.9 Å². The molecule has 3 atom stereocenters. The molecule has 2 nitrogen and oxygen atoms in total. The van der Waals surface area contributed by atoms with Gasteiger partial charge in [0.1, 0.15) is 0 Å². The van der Waals surface area contributed by atoms with Crippen LogP contribution in [0.2, 0.25) is 0 Å². The van der Waals surface area contributed by atoms with E-state index in [-0.39, 0.29) is 11.5 Å². The van der Waals surface area contributed by atoms with Gasteiger partial charge in [-0.2, -0.15) is 0 Å². The normalized spacial score (nSPS) is 17.8. The van der Waals surface area contributed by atoms with Crippen LogP contribution in [-0.2, 0) is 4.74 Å². The number of hydrogen-bond donors (Lipinski definition) is 1. The van der Waals surface area contributed by atoms with Crippen molar-refractivity contribution >= 4 is 0 Å². The minimum atomic E-state index is 0.188. The van der Waals surface area contributed by atoms with Crippen molar-refractivity contribution in [3.8, 4) is 0 Å². The van der Waals surface area contributed by atoms with Crippen LogP contribution >= 0.6 is 0 Å². The Morgan fingerprint density at radius 3 is 2.12 bits per heavy atom. The van der Waals surface area contributed by atoms with Crippen molar-refractivity contribution in [2.45, 2.75) is 73.0 Å². The van der Waals surface area contributed by atoms with Crippen LogP contribution in [-0.4, -0.2) is 25.8 Å². The van der Waals surface area contributed by atoms with E-state index >= 15 is 0 Å². The molecule has 0 radical (unpaired) electrons. The lowest BCUT2D eigenvalue weighted by molar-refractivity contribution is -0.0162. The summed E-state index contributed by atoms with van der Waals surface area (Å²) in [5.74, 6) is 0.768. The molecule has 0 rings (SSSR count). The Bertz CT molecular complexity index is 186. The molecule has 0 bridgehead atoms. The third-order valence-corrected chi connectivity index (χ3v) is 3.38. The first kappa shape index (κ1) is 16.9. The third kappa shape index (κ3) is 6.42. The molecular weight excluding hydrogens is 210 g/mol. The Labute approximate surface area is 109 Å². The van der Waals surface area contributed by atoms with Crippen molar-refractivity contribution in [3.63, 3.8) is 0 Å². The molecule has 0 aromatic rings. The van der Waals surface area contributed by atoms with E-state index in [4.69, 9.17) is 4.74 Å². The Morgan fingerprint density at radius 1 is 1.18 bits per heavy atom. The van der Waals surface area contributed by atoms with Gasteiger partial charge in [0.25, 0.3) is 0 Å². The molecule has 17 heavy (non-hydrogen) atoms. The summed E-state index contributed by atoms with van der Waals surface area (Å²) in [6.45, 7) is 14.6. The highest BCUT2D eigenvalue weighted by molar-refractivity contribution is 4.87. The quantitative estimate of drug-likeness (QED) is 0.699. The van der Waals surface area contributed by atoms with Crippen molar-refractivity contribution in [2.75, 3.05) is 13.7 Å². The molecule has 0 aromatic carbocycles. The first-order valence-electron chi connectivity index (χ1n) is 7.12. The van der Waals surface area contributed by atoms with Gasteiger partial charge >= 0.3 is 0 Å². The zero-order valence-corrected chi connectivity index (χ0v) is 13.0. The molecule has 2 heteroatoms. The van der Waals surface area contributed by atoms with E-state index in [1.807, 2.05) is 7.11 Å². The minimum absolute atomic E-state index is 0.188. The topological polar surface area (TPSA) is 21.3 Å². The highest BCUT2D eigenvalue weighted by Gasteiger charge is 2.32. The SMILES string of the molecule is CCCC(C)CC(NCC)C(OC)C(C)(C)C. The van der Waals surface area contributed by atoms with E-state index in [1.54, 1.807) is 0 Å². The third-order valence-electron chi connectivity index (χ3n) is 3.38. The van der Waals surface area contributed by atoms with Gasteiger partial charge in [0, 0.05) is 13.2 Å². The predicted octanol–water partition coefficient (Wildman–Crippen LogP) is 3.85. The molecule has 0 aliphatic carbocycles. The molecule has 0 aliphatic rings. The average Bonchev–Trinajstić information content (AvgIpc) is 2.16. The molecular formula is C15H33NO. The van der Waals surface area contributed by atoms with Crippen molar-refractivity contribution in [2.24, 2.45) is 11.3 Å². The Morgan fingerprint density at radius 2 is 1.76 bits per heavy atom. The van der Waals surface area contributed by atoms with Gasteiger partial charge in [-0.15, -0.1) is 0 Å². The monoisotopic (exact) mass is 243 g/mol. The first-order valence-corrected chi connectivity index (χ1v) is 7.12. The molecule has 0 aliphatic heterocycles. The van der Waals surface area contributed by atoms with Crippen LogP contribution in [0.15, 0.2) is 0 Å². The van der Waals surface area contributed by atoms with Gasteiger partial charge in [-0.3, -0.25) is 0 Å². The molecule has 0 amide bonds. The maximum Gasteiger partial charge on any atom is 0.0772 e. The van der Waals surface area contributed by atoms with Crippen LogP contribution in [0.1, 0.15) is 60.8 Å². The zero-order chi connectivity index (χ0) is 13.5. The largest absolute Gasteiger partial charge is 0.379 e. The number of hydrogen-bond acceptors (Lipinski definition) is 2. The molecule has 0 saturated heterocycles. The summed E-state index contributed by atoms with van der Waals surface area (Å²) in [7, 11) is 1.84. The van der Waals surface area contributed by atoms with Gasteiger partial charge in [0.2, 0.25) is 0 Å². The van der Waals surface area contributed by atoms with Crippen LogP contribution in [0.5, 0.6) is 0 Å². The van der Waals surface area contributed by atoms with Crippen LogP contribution in [0, 0.1) is 11.3 Å². The number of rotatable bonds is 8. The summed E-state index contributed by atoms with van der Waals surface area (Å²) in [6, 6.07) is 0.464. The van der Waals surface area contributed by atoms with Gasteiger partial charge in [-0.1, -0.05) is 54.4 Å². The standard InChI is InChI=1S/C15H33NO/c1-8-10-12(3)11-13(16-9-2)14(17-7)15(4,5)6/h12-14,16H,8-11H2,1-7H3. The van der Waals surface area contributed by atoms with Crippen molar-refractivity contribution < 1.29 is 4.74 Å². The van der Waals surface area contributed by atoms with Crippen molar-refractivity contribution in [1.82, 2.24) is 5.32 Å². The van der Waals surface area contributed by atoms with Gasteiger partial charge in [-0.25, -0.2) is 0 Å². The summed E-state index contributed by atoms with van der Waals surface area (Å²) in [5, 5.41) is 3.60. The number of likely N-dealkylation sites (N-methyl/N-ethyl adjacent to an activating group) is 1. The highest BCUT2D eigenvalue weighted by Crippen LogP contribution is 2.28. The second kappa shape index (κ2) is 8.10. The van der Waals surface area contributed by atoms with E-state index in [0.29, 0.717) is 6.04 Å². The fourth-order valence-corrected chi connectivity index (χ4v) is 2.74. The lowest BCUT2D eigenvalue weighted by Gasteiger charge is -2.37. The second-order valence-corrected chi connectivity index (χ2v) is 6.32. The summed E-state index contributed by atoms with van der Waals surface area (Å²) >= 11 is 0. The van der Waals surface area contributed by atoms with E-state index < -0.39 is 0 Å². The fourth-order valence-electron chi connectivity index (χ4n) is 2.74. The van der Waals surface area contributed by atoms with Crippen LogP contribution in [0.3, 0.4) is 0 Å². The maximum atomic E-state index is 5.75. The first-order chi connectivity index (χ1) is 7.86. The molecule has 0 fully saturated rings. The van der Waals surface area contributed by atoms with E-state index in [1.165, 1.54) is 19.3 Å². The molecule has 3 unspecified atom stereocenters. The zero-order valence-electron chi connectivity index (χ0n) is 13.0. The highest BCUT2D eigenvalue weighted by atomic mass is 16.5. The van der Waals surface area contributed by atoms with Crippen LogP contribution < -0.4 is 5.32 Å². The lowest BCUT2D eigenvalue weighted by atomic mass is 9.81. The Hall–Kier alpha value is -0.0800. The van der Waals surface area contributed by atoms with Gasteiger partial charge < -0.3 is 10.1 Å². The molecule has 0 heterocycles. The van der Waals surface area contributed by atoms with E-state index in [9.17, 15) is 0 Å². The lowest BCUT2D eigenvalue weighted by Crippen LogP contribution is -2.48. The molecule has 0 spiro atoms. The summed E-state index contributed by atoms with van der Waals surface area (Å²) in [6.07, 6.45) is 4.06. The fraction of sp³-hybridized carbons (Fsp3) is 1.00. The summed E-state index contributed by atoms with van der Waals surface area (Å²) in [5.41, 5.74) is 0.188. The average molecular weight is 243 g/mol. The van der Waals surface area contributed by atoms with Gasteiger partial charge in [-0.05, 0) is 24.3 Å². The van der Waals surface area contributed by atoms with Crippen LogP contribution in [0.4, 0.5) is 0 Å². The van der Waals surface area contributed by atoms with Gasteiger partial charge in [0.05, 0.1) is 6.10 Å². The second-order valence-electron chi connectivity index (χ2n) is 6.32. The Balaban J connectivity index is 4.57. The summed E-state index contributed by atoms with van der Waals surface area (Å²) in [4.78, 5) is 0. The van der Waals surface area contributed by atoms with Gasteiger partial charge in [0.15, 0.2) is 0 Å². The molecule has 0 saturated carbocycles. The maximum absolute atomic E-state index is 5.75. The summed E-state index contributed by atoms with van der Waals surface area (Å²) < 4.78 is 5.75. The molecule has 0 aromatic heterocycles. The van der Waals surface area contributed by atoms with Crippen LogP contribution in [0.25, 0.3) is 0 Å². The Kier molecular flexibility index (Phi) is 8.06.